The van der Waals surface area contributed by atoms with Crippen LogP contribution in [0.3, 0.4) is 0 Å². The molecular formula is C12H23N5. The van der Waals surface area contributed by atoms with Crippen LogP contribution in [0.1, 0.15) is 31.9 Å². The molecule has 0 aromatic carbocycles. The maximum absolute atomic E-state index is 4.18. The van der Waals surface area contributed by atoms with E-state index in [0.29, 0.717) is 6.04 Å². The van der Waals surface area contributed by atoms with Gasteiger partial charge >= 0.3 is 0 Å². The number of nitrogens with zero attached hydrogens (tertiary/aromatic N) is 4. The van der Waals surface area contributed by atoms with Gasteiger partial charge in [0.2, 0.25) is 0 Å². The first-order valence-electron chi connectivity index (χ1n) is 6.59. The molecule has 1 N–H and O–H groups in total. The van der Waals surface area contributed by atoms with Gasteiger partial charge in [0.05, 0.1) is 5.69 Å². The Balaban J connectivity index is 1.95. The van der Waals surface area contributed by atoms with Crippen LogP contribution in [0.5, 0.6) is 0 Å². The molecular weight excluding hydrogens is 214 g/mol. The number of rotatable bonds is 5. The second-order valence-corrected chi connectivity index (χ2v) is 4.85. The predicted molar refractivity (Wildman–Crippen MR) is 67.6 cm³/mol. The fourth-order valence-electron chi connectivity index (χ4n) is 2.50. The Hall–Kier alpha value is -0.940. The van der Waals surface area contributed by atoms with Crippen LogP contribution in [0.15, 0.2) is 6.20 Å². The van der Waals surface area contributed by atoms with Gasteiger partial charge in [0.1, 0.15) is 0 Å². The Labute approximate surface area is 103 Å². The van der Waals surface area contributed by atoms with E-state index in [2.05, 4.69) is 27.5 Å². The van der Waals surface area contributed by atoms with Gasteiger partial charge in [-0.05, 0) is 32.4 Å². The Morgan fingerprint density at radius 1 is 1.59 bits per heavy atom. The summed E-state index contributed by atoms with van der Waals surface area (Å²) < 4.78 is 1.78. The van der Waals surface area contributed by atoms with Gasteiger partial charge in [-0.3, -0.25) is 9.58 Å². The van der Waals surface area contributed by atoms with E-state index < -0.39 is 0 Å². The minimum Gasteiger partial charge on any atom is -0.315 e. The van der Waals surface area contributed by atoms with Gasteiger partial charge in [0, 0.05) is 32.4 Å². The fraction of sp³-hybridized carbons (Fsp3) is 0.833. The smallest absolute Gasteiger partial charge is 0.0967 e. The molecule has 0 bridgehead atoms. The van der Waals surface area contributed by atoms with E-state index in [1.165, 1.54) is 25.8 Å². The second kappa shape index (κ2) is 6.12. The lowest BCUT2D eigenvalue weighted by Gasteiger charge is -2.33. The van der Waals surface area contributed by atoms with Crippen LogP contribution in [0, 0.1) is 0 Å². The van der Waals surface area contributed by atoms with Crippen LogP contribution in [-0.2, 0) is 13.6 Å². The van der Waals surface area contributed by atoms with Crippen molar-refractivity contribution >= 4 is 0 Å². The van der Waals surface area contributed by atoms with Gasteiger partial charge in [-0.2, -0.15) is 0 Å². The normalized spacial score (nSPS) is 21.0. The zero-order valence-electron chi connectivity index (χ0n) is 10.9. The van der Waals surface area contributed by atoms with Crippen LogP contribution in [0.25, 0.3) is 0 Å². The lowest BCUT2D eigenvalue weighted by Crippen LogP contribution is -2.45. The topological polar surface area (TPSA) is 46.0 Å². The van der Waals surface area contributed by atoms with E-state index in [-0.39, 0.29) is 0 Å². The zero-order chi connectivity index (χ0) is 12.1. The first-order valence-corrected chi connectivity index (χ1v) is 6.59. The van der Waals surface area contributed by atoms with Gasteiger partial charge in [-0.1, -0.05) is 12.1 Å². The maximum atomic E-state index is 4.18. The molecule has 1 aromatic heterocycles. The van der Waals surface area contributed by atoms with Crippen molar-refractivity contribution in [2.45, 2.75) is 38.8 Å². The molecule has 0 radical (unpaired) electrons. The molecule has 2 heterocycles. The van der Waals surface area contributed by atoms with Crippen molar-refractivity contribution in [1.82, 2.24) is 25.2 Å². The summed E-state index contributed by atoms with van der Waals surface area (Å²) in [4.78, 5) is 2.54. The van der Waals surface area contributed by atoms with Gasteiger partial charge in [-0.25, -0.2) is 0 Å². The molecule has 17 heavy (non-hydrogen) atoms. The zero-order valence-corrected chi connectivity index (χ0v) is 10.9. The van der Waals surface area contributed by atoms with Crippen LogP contribution >= 0.6 is 0 Å². The summed E-state index contributed by atoms with van der Waals surface area (Å²) >= 11 is 0. The first-order chi connectivity index (χ1) is 8.29. The monoisotopic (exact) mass is 237 g/mol. The van der Waals surface area contributed by atoms with E-state index in [1.54, 1.807) is 4.68 Å². The Bertz CT molecular complexity index is 329. The quantitative estimate of drug-likeness (QED) is 0.822. The van der Waals surface area contributed by atoms with Crippen molar-refractivity contribution in [2.24, 2.45) is 7.05 Å². The van der Waals surface area contributed by atoms with E-state index in [1.807, 2.05) is 13.2 Å². The number of aromatic nitrogens is 3. The lowest BCUT2D eigenvalue weighted by molar-refractivity contribution is 0.156. The average Bonchev–Trinajstić information content (AvgIpc) is 2.75. The van der Waals surface area contributed by atoms with Crippen molar-refractivity contribution < 1.29 is 0 Å². The molecule has 2 rings (SSSR count). The molecule has 1 fully saturated rings. The summed E-state index contributed by atoms with van der Waals surface area (Å²) in [6.07, 6.45) is 5.79. The first kappa shape index (κ1) is 12.5. The highest BCUT2D eigenvalue weighted by molar-refractivity contribution is 4.93. The van der Waals surface area contributed by atoms with Gasteiger partial charge < -0.3 is 5.32 Å². The molecule has 1 aliphatic heterocycles. The third-order valence-corrected chi connectivity index (χ3v) is 3.31. The molecule has 96 valence electrons. The van der Waals surface area contributed by atoms with Crippen molar-refractivity contribution in [3.63, 3.8) is 0 Å². The molecule has 1 saturated heterocycles. The van der Waals surface area contributed by atoms with E-state index in [0.717, 1.165) is 25.3 Å². The Morgan fingerprint density at radius 2 is 2.47 bits per heavy atom. The van der Waals surface area contributed by atoms with Crippen LogP contribution in [0.2, 0.25) is 0 Å². The highest BCUT2D eigenvalue weighted by Gasteiger charge is 2.21. The third kappa shape index (κ3) is 3.51. The largest absolute Gasteiger partial charge is 0.315 e. The number of hydrogen-bond donors (Lipinski definition) is 1. The number of aryl methyl sites for hydroxylation is 1. The fourth-order valence-corrected chi connectivity index (χ4v) is 2.50. The molecule has 1 aliphatic rings. The molecule has 1 unspecified atom stereocenters. The SMILES string of the molecule is CCCN(Cc1cn(C)nn1)C1CCCNC1. The molecule has 1 aromatic rings. The van der Waals surface area contributed by atoms with Crippen molar-refractivity contribution in [3.8, 4) is 0 Å². The van der Waals surface area contributed by atoms with E-state index in [9.17, 15) is 0 Å². The van der Waals surface area contributed by atoms with Gasteiger partial charge in [0.15, 0.2) is 0 Å². The molecule has 1 atom stereocenters. The van der Waals surface area contributed by atoms with Crippen LogP contribution < -0.4 is 5.32 Å². The summed E-state index contributed by atoms with van der Waals surface area (Å²) in [5, 5.41) is 11.7. The van der Waals surface area contributed by atoms with Gasteiger partial charge in [0.25, 0.3) is 0 Å². The average molecular weight is 237 g/mol. The number of piperidine rings is 1. The lowest BCUT2D eigenvalue weighted by atomic mass is 10.1. The predicted octanol–water partition coefficient (Wildman–Crippen LogP) is 0.779. The molecule has 0 amide bonds. The van der Waals surface area contributed by atoms with Crippen LogP contribution in [0.4, 0.5) is 0 Å². The Morgan fingerprint density at radius 3 is 3.06 bits per heavy atom. The minimum atomic E-state index is 0.658. The van der Waals surface area contributed by atoms with E-state index >= 15 is 0 Å². The van der Waals surface area contributed by atoms with Crippen molar-refractivity contribution in [2.75, 3.05) is 19.6 Å². The van der Waals surface area contributed by atoms with E-state index in [4.69, 9.17) is 0 Å². The number of nitrogens with one attached hydrogen (secondary N) is 1. The maximum Gasteiger partial charge on any atom is 0.0967 e. The van der Waals surface area contributed by atoms with Gasteiger partial charge in [-0.15, -0.1) is 5.10 Å². The highest BCUT2D eigenvalue weighted by atomic mass is 15.4. The molecule has 5 nitrogen and oxygen atoms in total. The van der Waals surface area contributed by atoms with Crippen molar-refractivity contribution in [1.29, 1.82) is 0 Å². The standard InChI is InChI=1S/C12H23N5/c1-3-7-17(12-5-4-6-13-8-12)10-11-9-16(2)15-14-11/h9,12-13H,3-8,10H2,1-2H3. The summed E-state index contributed by atoms with van der Waals surface area (Å²) in [5.74, 6) is 0. The summed E-state index contributed by atoms with van der Waals surface area (Å²) in [5.41, 5.74) is 1.08. The Kier molecular flexibility index (Phi) is 4.50. The highest BCUT2D eigenvalue weighted by Crippen LogP contribution is 2.13. The minimum absolute atomic E-state index is 0.658. The molecule has 5 heteroatoms. The number of hydrogen-bond acceptors (Lipinski definition) is 4. The van der Waals surface area contributed by atoms with Crippen LogP contribution in [-0.4, -0.2) is 45.6 Å². The second-order valence-electron chi connectivity index (χ2n) is 4.85. The summed E-state index contributed by atoms with van der Waals surface area (Å²) in [6.45, 7) is 6.58. The summed E-state index contributed by atoms with van der Waals surface area (Å²) in [7, 11) is 1.92. The van der Waals surface area contributed by atoms with Crippen molar-refractivity contribution in [3.05, 3.63) is 11.9 Å². The third-order valence-electron chi connectivity index (χ3n) is 3.31. The summed E-state index contributed by atoms with van der Waals surface area (Å²) in [6, 6.07) is 0.658. The molecule has 0 saturated carbocycles. The molecule has 0 aliphatic carbocycles. The molecule has 0 spiro atoms.